The molecule has 1 N–H and O–H groups in total. The largest absolute Gasteiger partial charge is 0.479 e. The number of ether oxygens (including phenoxy) is 1. The van der Waals surface area contributed by atoms with Gasteiger partial charge in [-0.2, -0.15) is 0 Å². The van der Waals surface area contributed by atoms with Gasteiger partial charge in [0.25, 0.3) is 5.91 Å². The van der Waals surface area contributed by atoms with Gasteiger partial charge in [0.05, 0.1) is 6.54 Å². The minimum absolute atomic E-state index is 0.184. The molecule has 0 bridgehead atoms. The van der Waals surface area contributed by atoms with Gasteiger partial charge in [0.15, 0.2) is 11.5 Å². The number of pyridine rings is 1. The molecule has 0 saturated heterocycles. The lowest BCUT2D eigenvalue weighted by molar-refractivity contribution is 0.0949. The molecule has 6 nitrogen and oxygen atoms in total. The summed E-state index contributed by atoms with van der Waals surface area (Å²) in [6, 6.07) is 20.7. The fourth-order valence-corrected chi connectivity index (χ4v) is 2.76. The Morgan fingerprint density at radius 1 is 1.03 bits per heavy atom. The van der Waals surface area contributed by atoms with Crippen molar-refractivity contribution in [2.75, 3.05) is 13.2 Å². The van der Waals surface area contributed by atoms with Gasteiger partial charge in [-0.05, 0) is 12.1 Å². The highest BCUT2D eigenvalue weighted by Gasteiger charge is 2.12. The Labute approximate surface area is 167 Å². The van der Waals surface area contributed by atoms with E-state index in [4.69, 9.17) is 9.26 Å². The summed E-state index contributed by atoms with van der Waals surface area (Å²) in [4.78, 5) is 16.5. The van der Waals surface area contributed by atoms with E-state index in [1.54, 1.807) is 12.3 Å². The zero-order valence-electron chi connectivity index (χ0n) is 15.5. The average molecular weight is 383 g/mol. The number of fused-ring (bicyclic) bond motifs is 1. The monoisotopic (exact) mass is 383 g/mol. The van der Waals surface area contributed by atoms with Crippen molar-refractivity contribution in [3.05, 3.63) is 78.6 Å². The van der Waals surface area contributed by atoms with Crippen molar-refractivity contribution in [3.63, 3.8) is 0 Å². The number of hydrogen-bond donors (Lipinski definition) is 1. The minimum Gasteiger partial charge on any atom is -0.479 e. The number of aromatic nitrogens is 2. The molecule has 142 valence electrons. The quantitative estimate of drug-likeness (QED) is 0.532. The summed E-state index contributed by atoms with van der Waals surface area (Å²) < 4.78 is 10.9. The van der Waals surface area contributed by atoms with Crippen LogP contribution in [-0.4, -0.2) is 29.2 Å². The lowest BCUT2D eigenvalue weighted by Crippen LogP contribution is -2.23. The van der Waals surface area contributed by atoms with Crippen molar-refractivity contribution in [1.82, 2.24) is 15.5 Å². The Balaban J connectivity index is 1.28. The highest BCUT2D eigenvalue weighted by atomic mass is 16.5. The smallest absolute Gasteiger partial charge is 0.274 e. The Bertz CT molecular complexity index is 1180. The maximum atomic E-state index is 12.1. The van der Waals surface area contributed by atoms with Crippen molar-refractivity contribution < 1.29 is 14.1 Å². The molecule has 2 aromatic carbocycles. The van der Waals surface area contributed by atoms with Crippen LogP contribution >= 0.6 is 0 Å². The molecule has 0 unspecified atom stereocenters. The molecule has 29 heavy (non-hydrogen) atoms. The van der Waals surface area contributed by atoms with Gasteiger partial charge in [0, 0.05) is 23.2 Å². The molecule has 0 fully saturated rings. The molecule has 1 amide bonds. The van der Waals surface area contributed by atoms with Crippen LogP contribution < -0.4 is 10.1 Å². The summed E-state index contributed by atoms with van der Waals surface area (Å²) in [6.45, 7) is 0.386. The molecule has 0 aliphatic carbocycles. The first-order valence-electron chi connectivity index (χ1n) is 9.04. The number of rotatable bonds is 5. The third kappa shape index (κ3) is 4.42. The maximum Gasteiger partial charge on any atom is 0.274 e. The van der Waals surface area contributed by atoms with E-state index in [1.165, 1.54) is 0 Å². The summed E-state index contributed by atoms with van der Waals surface area (Å²) in [7, 11) is 0. The van der Waals surface area contributed by atoms with Crippen molar-refractivity contribution in [2.45, 2.75) is 0 Å². The van der Waals surface area contributed by atoms with E-state index in [-0.39, 0.29) is 24.8 Å². The van der Waals surface area contributed by atoms with Gasteiger partial charge < -0.3 is 14.6 Å². The molecule has 4 rings (SSSR count). The molecule has 2 aromatic heterocycles. The average Bonchev–Trinajstić information content (AvgIpc) is 3.27. The van der Waals surface area contributed by atoms with Crippen LogP contribution in [0.25, 0.3) is 22.2 Å². The Morgan fingerprint density at radius 3 is 2.79 bits per heavy atom. The molecular formula is C23H17N3O3. The number of amides is 1. The SMILES string of the molecule is O=C(NCC#CCOc1cccc2cccnc12)c1cc(-c2ccccc2)on1. The fourth-order valence-electron chi connectivity index (χ4n) is 2.76. The normalized spacial score (nSPS) is 10.2. The standard InChI is InChI=1S/C23H17N3O3/c27-23(19-16-21(29-26-19)17-8-2-1-3-9-17)25-13-4-5-15-28-20-12-6-10-18-11-7-14-24-22(18)20/h1-3,6-12,14,16H,13,15H2,(H,25,27). The van der Waals surface area contributed by atoms with Crippen LogP contribution in [-0.2, 0) is 0 Å². The van der Waals surface area contributed by atoms with Crippen molar-refractivity contribution in [2.24, 2.45) is 0 Å². The van der Waals surface area contributed by atoms with Crippen molar-refractivity contribution in [3.8, 4) is 28.9 Å². The summed E-state index contributed by atoms with van der Waals surface area (Å²) >= 11 is 0. The molecular weight excluding hydrogens is 366 g/mol. The molecule has 0 radical (unpaired) electrons. The molecule has 0 spiro atoms. The number of benzene rings is 2. The molecule has 2 heterocycles. The van der Waals surface area contributed by atoms with Gasteiger partial charge in [-0.3, -0.25) is 9.78 Å². The third-order valence-electron chi connectivity index (χ3n) is 4.16. The van der Waals surface area contributed by atoms with Crippen molar-refractivity contribution in [1.29, 1.82) is 0 Å². The zero-order valence-corrected chi connectivity index (χ0v) is 15.5. The minimum atomic E-state index is -0.343. The van der Waals surface area contributed by atoms with Gasteiger partial charge in [-0.1, -0.05) is 65.5 Å². The number of nitrogens with one attached hydrogen (secondary N) is 1. The van der Waals surface area contributed by atoms with Crippen molar-refractivity contribution >= 4 is 16.8 Å². The first-order valence-corrected chi connectivity index (χ1v) is 9.04. The number of para-hydroxylation sites is 1. The molecule has 0 aliphatic heterocycles. The highest BCUT2D eigenvalue weighted by Crippen LogP contribution is 2.22. The van der Waals surface area contributed by atoms with Crippen LogP contribution in [0.4, 0.5) is 0 Å². The van der Waals surface area contributed by atoms with Crippen LogP contribution in [0.15, 0.2) is 77.4 Å². The lowest BCUT2D eigenvalue weighted by Gasteiger charge is -2.05. The molecule has 4 aromatic rings. The molecule has 0 atom stereocenters. The second-order valence-electron chi connectivity index (χ2n) is 6.10. The number of carbonyl (C=O) groups excluding carboxylic acids is 1. The van der Waals surface area contributed by atoms with Gasteiger partial charge in [0.2, 0.25) is 0 Å². The summed E-state index contributed by atoms with van der Waals surface area (Å²) in [6.07, 6.45) is 1.73. The third-order valence-corrected chi connectivity index (χ3v) is 4.16. The first-order chi connectivity index (χ1) is 14.3. The lowest BCUT2D eigenvalue weighted by atomic mass is 10.1. The van der Waals surface area contributed by atoms with Crippen LogP contribution in [0.1, 0.15) is 10.5 Å². The van der Waals surface area contributed by atoms with Gasteiger partial charge >= 0.3 is 0 Å². The Morgan fingerprint density at radius 2 is 1.90 bits per heavy atom. The second-order valence-corrected chi connectivity index (χ2v) is 6.10. The van der Waals surface area contributed by atoms with Crippen LogP contribution in [0, 0.1) is 11.8 Å². The molecule has 6 heteroatoms. The number of hydrogen-bond acceptors (Lipinski definition) is 5. The van der Waals surface area contributed by atoms with E-state index in [2.05, 4.69) is 27.3 Å². The van der Waals surface area contributed by atoms with E-state index < -0.39 is 0 Å². The Hall–Kier alpha value is -4.11. The highest BCUT2D eigenvalue weighted by molar-refractivity contribution is 5.93. The fraction of sp³-hybridized carbons (Fsp3) is 0.0870. The summed E-state index contributed by atoms with van der Waals surface area (Å²) in [5.74, 6) is 6.61. The van der Waals surface area contributed by atoms with Crippen LogP contribution in [0.3, 0.4) is 0 Å². The van der Waals surface area contributed by atoms with E-state index in [1.807, 2.05) is 60.7 Å². The predicted octanol–water partition coefficient (Wildman–Crippen LogP) is 3.70. The number of nitrogens with zero attached hydrogens (tertiary/aromatic N) is 2. The van der Waals surface area contributed by atoms with Crippen LogP contribution in [0.2, 0.25) is 0 Å². The van der Waals surface area contributed by atoms with Crippen LogP contribution in [0.5, 0.6) is 5.75 Å². The van der Waals surface area contributed by atoms with Gasteiger partial charge in [-0.25, -0.2) is 0 Å². The molecule has 0 saturated carbocycles. The van der Waals surface area contributed by atoms with E-state index in [9.17, 15) is 4.79 Å². The Kier molecular flexibility index (Phi) is 5.49. The van der Waals surface area contributed by atoms with Gasteiger partial charge in [0.1, 0.15) is 17.9 Å². The van der Waals surface area contributed by atoms with E-state index >= 15 is 0 Å². The zero-order chi connectivity index (χ0) is 19.9. The van der Waals surface area contributed by atoms with E-state index in [0.717, 1.165) is 16.5 Å². The van der Waals surface area contributed by atoms with Gasteiger partial charge in [-0.15, -0.1) is 0 Å². The number of carbonyl (C=O) groups is 1. The second kappa shape index (κ2) is 8.72. The topological polar surface area (TPSA) is 77.2 Å². The first kappa shape index (κ1) is 18.3. The predicted molar refractivity (Wildman–Crippen MR) is 109 cm³/mol. The summed E-state index contributed by atoms with van der Waals surface area (Å²) in [5.41, 5.74) is 1.87. The summed E-state index contributed by atoms with van der Waals surface area (Å²) in [5, 5.41) is 7.51. The maximum absolute atomic E-state index is 12.1. The van der Waals surface area contributed by atoms with E-state index in [0.29, 0.717) is 11.5 Å². The molecule has 0 aliphatic rings.